The highest BCUT2D eigenvalue weighted by atomic mass is 16.5. The highest BCUT2D eigenvalue weighted by Gasteiger charge is 2.15. The van der Waals surface area contributed by atoms with Crippen LogP contribution >= 0.6 is 0 Å². The lowest BCUT2D eigenvalue weighted by Gasteiger charge is -2.08. The van der Waals surface area contributed by atoms with Gasteiger partial charge in [0.15, 0.2) is 17.3 Å². The minimum Gasteiger partial charge on any atom is -0.504 e. The summed E-state index contributed by atoms with van der Waals surface area (Å²) < 4.78 is 6.88. The van der Waals surface area contributed by atoms with Crippen molar-refractivity contribution in [2.45, 2.75) is 6.54 Å². The molecule has 0 saturated carbocycles. The number of imidazole rings is 1. The summed E-state index contributed by atoms with van der Waals surface area (Å²) in [5, 5.41) is 13.6. The van der Waals surface area contributed by atoms with Gasteiger partial charge in [0.05, 0.1) is 24.4 Å². The van der Waals surface area contributed by atoms with Gasteiger partial charge in [0.1, 0.15) is 12.2 Å². The van der Waals surface area contributed by atoms with Crippen molar-refractivity contribution in [3.8, 4) is 23.0 Å². The first kappa shape index (κ1) is 19.1. The first-order chi connectivity index (χ1) is 14.7. The van der Waals surface area contributed by atoms with Gasteiger partial charge < -0.3 is 14.4 Å². The lowest BCUT2D eigenvalue weighted by atomic mass is 10.2. The molecular weight excluding hydrogens is 382 g/mol. The number of nitrogens with zero attached hydrogens (tertiary/aromatic N) is 4. The molecule has 150 valence electrons. The van der Waals surface area contributed by atoms with E-state index in [-0.39, 0.29) is 18.2 Å². The maximum Gasteiger partial charge on any atom is 0.260 e. The van der Waals surface area contributed by atoms with Gasteiger partial charge in [0.2, 0.25) is 0 Å². The lowest BCUT2D eigenvalue weighted by Crippen LogP contribution is -2.23. The summed E-state index contributed by atoms with van der Waals surface area (Å²) in [6.45, 7) is 0.0304. The van der Waals surface area contributed by atoms with E-state index in [0.29, 0.717) is 22.8 Å². The molecule has 2 aromatic heterocycles. The maximum absolute atomic E-state index is 12.5. The zero-order valence-corrected chi connectivity index (χ0v) is 16.2. The van der Waals surface area contributed by atoms with Crippen molar-refractivity contribution in [1.29, 1.82) is 0 Å². The molecule has 2 aromatic carbocycles. The Kier molecular flexibility index (Phi) is 5.38. The highest BCUT2D eigenvalue weighted by Crippen LogP contribution is 2.25. The Balaban J connectivity index is 1.55. The molecule has 0 saturated heterocycles. The van der Waals surface area contributed by atoms with Crippen LogP contribution in [0.5, 0.6) is 11.5 Å². The molecule has 0 fully saturated rings. The van der Waals surface area contributed by atoms with Crippen LogP contribution in [-0.4, -0.2) is 38.9 Å². The summed E-state index contributed by atoms with van der Waals surface area (Å²) in [7, 11) is 1.46. The number of pyridine rings is 1. The number of ether oxygens (including phenoxy) is 1. The van der Waals surface area contributed by atoms with E-state index in [2.05, 4.69) is 20.5 Å². The standard InChI is InChI=1S/C22H19N5O3/c1-30-20-12-15(9-10-19(20)28)13-24-26-21(29)14-27-18-8-3-2-6-16(18)25-22(27)17-7-4-5-11-23-17/h2-13,28H,14H2,1H3,(H,26,29)/b24-13+. The molecule has 0 aliphatic heterocycles. The van der Waals surface area contributed by atoms with Crippen molar-refractivity contribution in [2.75, 3.05) is 7.11 Å². The third-order valence-electron chi connectivity index (χ3n) is 4.46. The minimum absolute atomic E-state index is 0.0304. The van der Waals surface area contributed by atoms with E-state index < -0.39 is 0 Å². The molecule has 30 heavy (non-hydrogen) atoms. The largest absolute Gasteiger partial charge is 0.504 e. The van der Waals surface area contributed by atoms with E-state index in [1.54, 1.807) is 18.3 Å². The number of aromatic hydroxyl groups is 1. The van der Waals surface area contributed by atoms with Crippen LogP contribution in [0.3, 0.4) is 0 Å². The van der Waals surface area contributed by atoms with Crippen LogP contribution in [0.15, 0.2) is 72.0 Å². The molecular formula is C22H19N5O3. The van der Waals surface area contributed by atoms with E-state index in [1.165, 1.54) is 19.4 Å². The normalized spacial score (nSPS) is 11.1. The Labute approximate surface area is 172 Å². The molecule has 1 amide bonds. The Morgan fingerprint density at radius 3 is 2.83 bits per heavy atom. The number of amides is 1. The van der Waals surface area contributed by atoms with Crippen LogP contribution in [0.2, 0.25) is 0 Å². The molecule has 2 N–H and O–H groups in total. The van der Waals surface area contributed by atoms with Crippen LogP contribution in [-0.2, 0) is 11.3 Å². The Bertz CT molecular complexity index is 1220. The summed E-state index contributed by atoms with van der Waals surface area (Å²) in [5.74, 6) is 0.666. The van der Waals surface area contributed by atoms with Crippen molar-refractivity contribution in [3.63, 3.8) is 0 Å². The summed E-state index contributed by atoms with van der Waals surface area (Å²) in [6.07, 6.45) is 3.17. The van der Waals surface area contributed by atoms with Gasteiger partial charge in [-0.05, 0) is 48.0 Å². The van der Waals surface area contributed by atoms with Gasteiger partial charge in [-0.15, -0.1) is 0 Å². The van der Waals surface area contributed by atoms with Crippen molar-refractivity contribution >= 4 is 23.2 Å². The van der Waals surface area contributed by atoms with Crippen molar-refractivity contribution in [2.24, 2.45) is 5.10 Å². The highest BCUT2D eigenvalue weighted by molar-refractivity contribution is 5.85. The number of nitrogens with one attached hydrogen (secondary N) is 1. The first-order valence-electron chi connectivity index (χ1n) is 9.21. The lowest BCUT2D eigenvalue weighted by molar-refractivity contribution is -0.121. The van der Waals surface area contributed by atoms with Gasteiger partial charge in [-0.25, -0.2) is 10.4 Å². The van der Waals surface area contributed by atoms with E-state index in [9.17, 15) is 9.90 Å². The second kappa shape index (κ2) is 8.44. The van der Waals surface area contributed by atoms with Gasteiger partial charge in [0, 0.05) is 6.20 Å². The van der Waals surface area contributed by atoms with Crippen LogP contribution in [0.4, 0.5) is 0 Å². The smallest absolute Gasteiger partial charge is 0.260 e. The summed E-state index contributed by atoms with van der Waals surface area (Å²) in [4.78, 5) is 21.5. The molecule has 4 aromatic rings. The van der Waals surface area contributed by atoms with E-state index in [4.69, 9.17) is 4.74 Å². The molecule has 8 nitrogen and oxygen atoms in total. The third-order valence-corrected chi connectivity index (χ3v) is 4.46. The Morgan fingerprint density at radius 1 is 1.20 bits per heavy atom. The molecule has 8 heteroatoms. The zero-order chi connectivity index (χ0) is 20.9. The monoisotopic (exact) mass is 401 g/mol. The summed E-state index contributed by atoms with van der Waals surface area (Å²) >= 11 is 0. The zero-order valence-electron chi connectivity index (χ0n) is 16.2. The fourth-order valence-electron chi connectivity index (χ4n) is 3.06. The fraction of sp³-hybridized carbons (Fsp3) is 0.0909. The van der Waals surface area contributed by atoms with Crippen molar-refractivity contribution in [1.82, 2.24) is 20.0 Å². The van der Waals surface area contributed by atoms with E-state index in [1.807, 2.05) is 47.0 Å². The number of rotatable bonds is 6. The van der Waals surface area contributed by atoms with Crippen LogP contribution in [0.25, 0.3) is 22.6 Å². The number of para-hydroxylation sites is 2. The average molecular weight is 401 g/mol. The number of hydrazone groups is 1. The number of aromatic nitrogens is 3. The average Bonchev–Trinajstić information content (AvgIpc) is 3.14. The SMILES string of the molecule is COc1cc(/C=N/NC(=O)Cn2c(-c3ccccn3)nc3ccccc32)ccc1O. The number of fused-ring (bicyclic) bond motifs is 1. The number of phenols is 1. The number of methoxy groups -OCH3 is 1. The van der Waals surface area contributed by atoms with Crippen LogP contribution in [0, 0.1) is 0 Å². The topological polar surface area (TPSA) is 102 Å². The summed E-state index contributed by atoms with van der Waals surface area (Å²) in [6, 6.07) is 17.9. The number of carbonyl (C=O) groups excluding carboxylic acids is 1. The van der Waals surface area contributed by atoms with Gasteiger partial charge in [-0.3, -0.25) is 9.78 Å². The molecule has 0 aliphatic carbocycles. The number of hydrogen-bond donors (Lipinski definition) is 2. The van der Waals surface area contributed by atoms with Gasteiger partial charge in [-0.1, -0.05) is 18.2 Å². The molecule has 0 aliphatic rings. The number of phenolic OH excluding ortho intramolecular Hbond substituents is 1. The molecule has 2 heterocycles. The fourth-order valence-corrected chi connectivity index (χ4v) is 3.06. The van der Waals surface area contributed by atoms with E-state index >= 15 is 0 Å². The number of carbonyl (C=O) groups is 1. The third kappa shape index (κ3) is 3.97. The molecule has 0 unspecified atom stereocenters. The van der Waals surface area contributed by atoms with Gasteiger partial charge in [-0.2, -0.15) is 5.10 Å². The first-order valence-corrected chi connectivity index (χ1v) is 9.21. The van der Waals surface area contributed by atoms with Crippen molar-refractivity contribution in [3.05, 3.63) is 72.4 Å². The second-order valence-electron chi connectivity index (χ2n) is 6.45. The quantitative estimate of drug-likeness (QED) is 0.382. The molecule has 4 rings (SSSR count). The minimum atomic E-state index is -0.308. The predicted octanol–water partition coefficient (Wildman–Crippen LogP) is 2.96. The molecule has 0 spiro atoms. The predicted molar refractivity (Wildman–Crippen MR) is 113 cm³/mol. The maximum atomic E-state index is 12.5. The van der Waals surface area contributed by atoms with Crippen molar-refractivity contribution < 1.29 is 14.6 Å². The summed E-state index contributed by atoms with van der Waals surface area (Å²) in [5.41, 5.74) is 5.49. The van der Waals surface area contributed by atoms with Crippen LogP contribution in [0.1, 0.15) is 5.56 Å². The molecule has 0 atom stereocenters. The molecule has 0 radical (unpaired) electrons. The Morgan fingerprint density at radius 2 is 2.03 bits per heavy atom. The number of benzene rings is 2. The van der Waals surface area contributed by atoms with Gasteiger partial charge >= 0.3 is 0 Å². The Hall–Kier alpha value is -4.20. The van der Waals surface area contributed by atoms with Crippen LogP contribution < -0.4 is 10.2 Å². The molecule has 0 bridgehead atoms. The van der Waals surface area contributed by atoms with Gasteiger partial charge in [0.25, 0.3) is 5.91 Å². The number of hydrogen-bond acceptors (Lipinski definition) is 6. The van der Waals surface area contributed by atoms with E-state index in [0.717, 1.165) is 11.0 Å². The second-order valence-corrected chi connectivity index (χ2v) is 6.45.